The van der Waals surface area contributed by atoms with E-state index in [0.29, 0.717) is 47.8 Å². The van der Waals surface area contributed by atoms with Gasteiger partial charge in [-0.25, -0.2) is 4.98 Å². The van der Waals surface area contributed by atoms with Gasteiger partial charge in [-0.1, -0.05) is 35.6 Å². The van der Waals surface area contributed by atoms with E-state index < -0.39 is 11.7 Å². The lowest BCUT2D eigenvalue weighted by Gasteiger charge is -2.15. The van der Waals surface area contributed by atoms with E-state index in [4.69, 9.17) is 0 Å². The lowest BCUT2D eigenvalue weighted by molar-refractivity contribution is -0.137. The van der Waals surface area contributed by atoms with Crippen molar-refractivity contribution in [2.24, 2.45) is 0 Å². The first-order valence-electron chi connectivity index (χ1n) is 8.96. The molecule has 0 aliphatic carbocycles. The Balaban J connectivity index is 1.28. The van der Waals surface area contributed by atoms with Crippen molar-refractivity contribution in [1.82, 2.24) is 9.88 Å². The quantitative estimate of drug-likeness (QED) is 0.604. The number of benzene rings is 2. The number of hydrogen-bond acceptors (Lipinski definition) is 4. The lowest BCUT2D eigenvalue weighted by atomic mass is 10.1. The van der Waals surface area contributed by atoms with E-state index >= 15 is 0 Å². The van der Waals surface area contributed by atoms with Gasteiger partial charge in [0.1, 0.15) is 0 Å². The molecule has 0 saturated carbocycles. The summed E-state index contributed by atoms with van der Waals surface area (Å²) >= 11 is 1.31. The maximum absolute atomic E-state index is 12.8. The lowest BCUT2D eigenvalue weighted by Crippen LogP contribution is -2.25. The fraction of sp³-hybridized carbons (Fsp3) is 0.300. The molecule has 4 rings (SSSR count). The molecule has 28 heavy (non-hydrogen) atoms. The number of carbonyl (C=O) groups excluding carboxylic acids is 1. The molecule has 0 bridgehead atoms. The Kier molecular flexibility index (Phi) is 4.97. The van der Waals surface area contributed by atoms with E-state index in [9.17, 15) is 18.0 Å². The third-order valence-electron chi connectivity index (χ3n) is 4.75. The molecule has 0 unspecified atom stereocenters. The molecule has 2 heterocycles. The van der Waals surface area contributed by atoms with Crippen LogP contribution in [0, 0.1) is 0 Å². The zero-order chi connectivity index (χ0) is 19.7. The number of nitrogens with one attached hydrogen (secondary N) is 1. The maximum Gasteiger partial charge on any atom is 0.416 e. The van der Waals surface area contributed by atoms with E-state index in [1.807, 2.05) is 29.2 Å². The molecule has 8 heteroatoms. The van der Waals surface area contributed by atoms with E-state index in [2.05, 4.69) is 10.3 Å². The zero-order valence-corrected chi connectivity index (χ0v) is 15.7. The highest BCUT2D eigenvalue weighted by Crippen LogP contribution is 2.34. The van der Waals surface area contributed by atoms with Crippen LogP contribution in [0.1, 0.15) is 29.5 Å². The van der Waals surface area contributed by atoms with Gasteiger partial charge >= 0.3 is 6.18 Å². The number of thiazole rings is 1. The second-order valence-corrected chi connectivity index (χ2v) is 7.78. The van der Waals surface area contributed by atoms with E-state index in [1.54, 1.807) is 0 Å². The molecule has 1 aliphatic heterocycles. The molecular weight excluding hydrogens is 387 g/mol. The minimum Gasteiger partial charge on any atom is -0.361 e. The van der Waals surface area contributed by atoms with Gasteiger partial charge < -0.3 is 10.2 Å². The summed E-state index contributed by atoms with van der Waals surface area (Å²) in [7, 11) is 0. The summed E-state index contributed by atoms with van der Waals surface area (Å²) in [6, 6.07) is 11.6. The molecular formula is C20H18F3N3OS. The summed E-state index contributed by atoms with van der Waals surface area (Å²) < 4.78 is 39.1. The highest BCUT2D eigenvalue weighted by Gasteiger charge is 2.30. The Morgan fingerprint density at radius 3 is 2.54 bits per heavy atom. The van der Waals surface area contributed by atoms with Crippen molar-refractivity contribution in [1.29, 1.82) is 0 Å². The molecule has 1 N–H and O–H groups in total. The van der Waals surface area contributed by atoms with Crippen LogP contribution in [0.15, 0.2) is 42.5 Å². The van der Waals surface area contributed by atoms with Gasteiger partial charge in [-0.3, -0.25) is 4.79 Å². The number of rotatable bonds is 5. The van der Waals surface area contributed by atoms with Gasteiger partial charge in [-0.2, -0.15) is 13.2 Å². The van der Waals surface area contributed by atoms with Crippen molar-refractivity contribution in [2.75, 3.05) is 11.9 Å². The van der Waals surface area contributed by atoms with Gasteiger partial charge in [0.2, 0.25) is 5.91 Å². The Hall–Kier alpha value is -2.61. The Bertz CT molecular complexity index is 990. The number of halogens is 3. The first-order valence-corrected chi connectivity index (χ1v) is 9.78. The van der Waals surface area contributed by atoms with Gasteiger partial charge in [-0.05, 0) is 35.7 Å². The van der Waals surface area contributed by atoms with Crippen LogP contribution in [0.3, 0.4) is 0 Å². The molecule has 0 atom stereocenters. The molecule has 0 fully saturated rings. The van der Waals surface area contributed by atoms with E-state index in [-0.39, 0.29) is 5.91 Å². The minimum atomic E-state index is -4.37. The Labute approximate surface area is 164 Å². The first kappa shape index (κ1) is 18.7. The highest BCUT2D eigenvalue weighted by atomic mass is 32.1. The molecule has 1 aliphatic rings. The van der Waals surface area contributed by atoms with Crippen LogP contribution in [0.5, 0.6) is 0 Å². The standard InChI is InChI=1S/C20H18F3N3OS/c21-20(22,23)15-7-8-17-16(10-15)25-19(28-17)24-9-3-6-18(27)26-11-13-4-1-2-5-14(13)12-26/h1-2,4-5,7-8,10H,3,6,9,11-12H2,(H,24,25). The molecule has 0 saturated heterocycles. The molecule has 4 nitrogen and oxygen atoms in total. The molecule has 2 aromatic carbocycles. The number of anilines is 1. The Morgan fingerprint density at radius 2 is 1.86 bits per heavy atom. The number of carbonyl (C=O) groups is 1. The highest BCUT2D eigenvalue weighted by molar-refractivity contribution is 7.22. The summed E-state index contributed by atoms with van der Waals surface area (Å²) in [5.74, 6) is 0.108. The van der Waals surface area contributed by atoms with Gasteiger partial charge in [0, 0.05) is 26.1 Å². The second-order valence-electron chi connectivity index (χ2n) is 6.75. The number of amides is 1. The van der Waals surface area contributed by atoms with Crippen molar-refractivity contribution >= 4 is 32.6 Å². The number of fused-ring (bicyclic) bond motifs is 2. The van der Waals surface area contributed by atoms with Crippen LogP contribution in [-0.2, 0) is 24.1 Å². The van der Waals surface area contributed by atoms with Gasteiger partial charge in [0.25, 0.3) is 0 Å². The van der Waals surface area contributed by atoms with Crippen LogP contribution >= 0.6 is 11.3 Å². The first-order chi connectivity index (χ1) is 13.4. The summed E-state index contributed by atoms with van der Waals surface area (Å²) in [6.45, 7) is 1.85. The number of nitrogens with zero attached hydrogens (tertiary/aromatic N) is 2. The SMILES string of the molecule is O=C(CCCNc1nc2cc(C(F)(F)F)ccc2s1)N1Cc2ccccc2C1. The third-order valence-corrected chi connectivity index (χ3v) is 5.75. The van der Waals surface area contributed by atoms with E-state index in [0.717, 1.165) is 12.1 Å². The van der Waals surface area contributed by atoms with Crippen LogP contribution < -0.4 is 5.32 Å². The molecule has 146 valence electrons. The molecule has 1 amide bonds. The number of hydrogen-bond donors (Lipinski definition) is 1. The van der Waals surface area contributed by atoms with Gasteiger partial charge in [0.05, 0.1) is 15.8 Å². The second kappa shape index (κ2) is 7.43. The summed E-state index contributed by atoms with van der Waals surface area (Å²) in [6.07, 6.45) is -3.32. The van der Waals surface area contributed by atoms with Crippen LogP contribution in [0.2, 0.25) is 0 Å². The van der Waals surface area contributed by atoms with Gasteiger partial charge in [0.15, 0.2) is 5.13 Å². The maximum atomic E-state index is 12.8. The summed E-state index contributed by atoms with van der Waals surface area (Å²) in [5.41, 5.74) is 2.02. The minimum absolute atomic E-state index is 0.108. The largest absolute Gasteiger partial charge is 0.416 e. The van der Waals surface area contributed by atoms with Crippen molar-refractivity contribution in [3.05, 3.63) is 59.2 Å². The number of alkyl halides is 3. The predicted octanol–water partition coefficient (Wildman–Crippen LogP) is 5.05. The summed E-state index contributed by atoms with van der Waals surface area (Å²) in [5, 5.41) is 3.68. The normalized spacial score (nSPS) is 13.8. The van der Waals surface area contributed by atoms with Crippen LogP contribution in [0.4, 0.5) is 18.3 Å². The third kappa shape index (κ3) is 3.96. The fourth-order valence-electron chi connectivity index (χ4n) is 3.28. The summed E-state index contributed by atoms with van der Waals surface area (Å²) in [4.78, 5) is 18.4. The van der Waals surface area contributed by atoms with E-state index in [1.165, 1.54) is 28.5 Å². The fourth-order valence-corrected chi connectivity index (χ4v) is 4.15. The predicted molar refractivity (Wildman–Crippen MR) is 103 cm³/mol. The van der Waals surface area contributed by atoms with Crippen LogP contribution in [0.25, 0.3) is 10.2 Å². The van der Waals surface area contributed by atoms with Crippen molar-refractivity contribution in [3.8, 4) is 0 Å². The van der Waals surface area contributed by atoms with Gasteiger partial charge in [-0.15, -0.1) is 0 Å². The molecule has 1 aromatic heterocycles. The van der Waals surface area contributed by atoms with Crippen LogP contribution in [-0.4, -0.2) is 22.3 Å². The molecule has 3 aromatic rings. The van der Waals surface area contributed by atoms with Crippen molar-refractivity contribution in [2.45, 2.75) is 32.1 Å². The smallest absolute Gasteiger partial charge is 0.361 e. The topological polar surface area (TPSA) is 45.2 Å². The zero-order valence-electron chi connectivity index (χ0n) is 14.9. The molecule has 0 radical (unpaired) electrons. The van der Waals surface area contributed by atoms with Crippen molar-refractivity contribution in [3.63, 3.8) is 0 Å². The monoisotopic (exact) mass is 405 g/mol. The Morgan fingerprint density at radius 1 is 1.14 bits per heavy atom. The molecule has 0 spiro atoms. The average molecular weight is 405 g/mol. The van der Waals surface area contributed by atoms with Crippen molar-refractivity contribution < 1.29 is 18.0 Å². The number of aromatic nitrogens is 1. The average Bonchev–Trinajstić information content (AvgIpc) is 3.27.